The van der Waals surface area contributed by atoms with Gasteiger partial charge in [-0.1, -0.05) is 48.5 Å². The molecule has 3 rings (SSSR count). The highest BCUT2D eigenvalue weighted by atomic mass is 32.2. The quantitative estimate of drug-likeness (QED) is 0.346. The fourth-order valence-corrected chi connectivity index (χ4v) is 3.81. The molecule has 0 amide bonds. The van der Waals surface area contributed by atoms with Gasteiger partial charge in [-0.2, -0.15) is 8.42 Å². The molecule has 0 aliphatic carbocycles. The average molecular weight is 452 g/mol. The number of rotatable bonds is 6. The first-order valence-corrected chi connectivity index (χ1v) is 10.8. The van der Waals surface area contributed by atoms with Crippen LogP contribution < -0.4 is 5.32 Å². The summed E-state index contributed by atoms with van der Waals surface area (Å²) in [7, 11) is -1.64. The van der Waals surface area contributed by atoms with Crippen LogP contribution in [0.1, 0.15) is 26.3 Å². The van der Waals surface area contributed by atoms with Crippen LogP contribution in [-0.4, -0.2) is 40.4 Å². The minimum atomic E-state index is -4.08. The van der Waals surface area contributed by atoms with Gasteiger partial charge in [0.2, 0.25) is 0 Å². The van der Waals surface area contributed by atoms with E-state index in [0.717, 1.165) is 0 Å². The first-order chi connectivity index (χ1) is 15.4. The van der Waals surface area contributed by atoms with Crippen LogP contribution in [0.3, 0.4) is 0 Å². The van der Waals surface area contributed by atoms with Crippen LogP contribution in [0.2, 0.25) is 0 Å². The monoisotopic (exact) mass is 452 g/mol. The molecule has 0 fully saturated rings. The Morgan fingerprint density at radius 2 is 1.38 bits per heavy atom. The fourth-order valence-electron chi connectivity index (χ4n) is 2.82. The molecule has 0 bridgehead atoms. The molecule has 8 nitrogen and oxygen atoms in total. The minimum absolute atomic E-state index is 0.00624. The van der Waals surface area contributed by atoms with Crippen molar-refractivity contribution in [3.63, 3.8) is 0 Å². The molecule has 0 aliphatic rings. The van der Waals surface area contributed by atoms with Gasteiger partial charge in [0.15, 0.2) is 5.84 Å². The van der Waals surface area contributed by atoms with Crippen molar-refractivity contribution in [3.8, 4) is 0 Å². The Bertz CT molecular complexity index is 1260. The third-order valence-electron chi connectivity index (χ3n) is 4.40. The van der Waals surface area contributed by atoms with Gasteiger partial charge in [-0.15, -0.1) is 4.40 Å². The molecule has 3 aromatic carbocycles. The number of methoxy groups -OCH3 is 2. The Morgan fingerprint density at radius 1 is 0.781 bits per heavy atom. The Morgan fingerprint density at radius 3 is 1.97 bits per heavy atom. The number of ether oxygens (including phenoxy) is 2. The van der Waals surface area contributed by atoms with Crippen LogP contribution in [0.25, 0.3) is 0 Å². The first-order valence-electron chi connectivity index (χ1n) is 9.39. The second-order valence-electron chi connectivity index (χ2n) is 6.46. The molecule has 0 spiro atoms. The van der Waals surface area contributed by atoms with Gasteiger partial charge in [0.05, 0.1) is 35.9 Å². The second kappa shape index (κ2) is 9.88. The van der Waals surface area contributed by atoms with E-state index in [4.69, 9.17) is 9.47 Å². The average Bonchev–Trinajstić information content (AvgIpc) is 2.83. The van der Waals surface area contributed by atoms with E-state index in [2.05, 4.69) is 9.71 Å². The van der Waals surface area contributed by atoms with E-state index in [9.17, 15) is 18.0 Å². The summed E-state index contributed by atoms with van der Waals surface area (Å²) >= 11 is 0. The molecule has 0 unspecified atom stereocenters. The van der Waals surface area contributed by atoms with E-state index < -0.39 is 22.0 Å². The molecule has 0 atom stereocenters. The third kappa shape index (κ3) is 5.19. The number of esters is 2. The number of nitrogens with one attached hydrogen (secondary N) is 1. The van der Waals surface area contributed by atoms with Crippen LogP contribution in [-0.2, 0) is 19.5 Å². The Kier molecular flexibility index (Phi) is 7.01. The molecular weight excluding hydrogens is 432 g/mol. The van der Waals surface area contributed by atoms with Crippen LogP contribution in [0, 0.1) is 0 Å². The Balaban J connectivity index is 2.16. The van der Waals surface area contributed by atoms with Gasteiger partial charge in [0.25, 0.3) is 10.0 Å². The van der Waals surface area contributed by atoms with Crippen LogP contribution in [0.4, 0.5) is 5.69 Å². The van der Waals surface area contributed by atoms with Crippen molar-refractivity contribution in [2.45, 2.75) is 4.90 Å². The van der Waals surface area contributed by atoms with Gasteiger partial charge >= 0.3 is 11.9 Å². The second-order valence-corrected chi connectivity index (χ2v) is 8.07. The van der Waals surface area contributed by atoms with Crippen molar-refractivity contribution in [1.29, 1.82) is 0 Å². The number of sulfonamides is 1. The standard InChI is InChI=1S/C23H20N2O6S/c1-30-22(26)17-13-14-19(23(27)31-2)20(15-17)24-21(16-9-5-3-6-10-16)25-32(28,29)18-11-7-4-8-12-18/h3-15H,1-2H3,(H,24,25). The van der Waals surface area contributed by atoms with Crippen molar-refractivity contribution < 1.29 is 27.5 Å². The Hall–Kier alpha value is -3.98. The lowest BCUT2D eigenvalue weighted by molar-refractivity contribution is 0.0587. The normalized spacial score (nSPS) is 11.5. The number of carbonyl (C=O) groups is 2. The van der Waals surface area contributed by atoms with E-state index in [1.54, 1.807) is 48.5 Å². The molecule has 32 heavy (non-hydrogen) atoms. The van der Waals surface area contributed by atoms with Crippen molar-refractivity contribution in [3.05, 3.63) is 95.6 Å². The largest absolute Gasteiger partial charge is 0.465 e. The number of anilines is 1. The number of hydrogen-bond acceptors (Lipinski definition) is 6. The van der Waals surface area contributed by atoms with Gasteiger partial charge in [0.1, 0.15) is 0 Å². The smallest absolute Gasteiger partial charge is 0.339 e. The topological polar surface area (TPSA) is 111 Å². The molecule has 164 valence electrons. The highest BCUT2D eigenvalue weighted by molar-refractivity contribution is 7.90. The van der Waals surface area contributed by atoms with Crippen LogP contribution in [0.15, 0.2) is 88.2 Å². The number of nitrogens with zero attached hydrogens (tertiary/aromatic N) is 1. The zero-order chi connectivity index (χ0) is 23.1. The predicted molar refractivity (Wildman–Crippen MR) is 119 cm³/mol. The summed E-state index contributed by atoms with van der Waals surface area (Å²) in [5.41, 5.74) is 0.818. The predicted octanol–water partition coefficient (Wildman–Crippen LogP) is 3.51. The molecule has 0 saturated carbocycles. The van der Waals surface area contributed by atoms with Crippen molar-refractivity contribution in [2.24, 2.45) is 4.40 Å². The van der Waals surface area contributed by atoms with E-state index in [0.29, 0.717) is 5.56 Å². The molecule has 0 aromatic heterocycles. The summed E-state index contributed by atoms with van der Waals surface area (Å²) < 4.78 is 39.3. The van der Waals surface area contributed by atoms with Gasteiger partial charge in [-0.3, -0.25) is 0 Å². The maximum atomic E-state index is 12.9. The summed E-state index contributed by atoms with van der Waals surface area (Å²) in [5.74, 6) is -1.34. The van der Waals surface area contributed by atoms with Crippen molar-refractivity contribution in [1.82, 2.24) is 0 Å². The van der Waals surface area contributed by atoms with Gasteiger partial charge in [0, 0.05) is 5.56 Å². The van der Waals surface area contributed by atoms with E-state index in [1.165, 1.54) is 44.6 Å². The first kappa shape index (κ1) is 22.7. The van der Waals surface area contributed by atoms with Crippen LogP contribution >= 0.6 is 0 Å². The SMILES string of the molecule is COC(=O)c1ccc(C(=O)OC)c(NC(=NS(=O)(=O)c2ccccc2)c2ccccc2)c1. The fraction of sp³-hybridized carbons (Fsp3) is 0.0870. The van der Waals surface area contributed by atoms with Crippen LogP contribution in [0.5, 0.6) is 0 Å². The zero-order valence-electron chi connectivity index (χ0n) is 17.3. The highest BCUT2D eigenvalue weighted by Crippen LogP contribution is 2.22. The van der Waals surface area contributed by atoms with Gasteiger partial charge in [-0.25, -0.2) is 9.59 Å². The molecule has 0 radical (unpaired) electrons. The van der Waals surface area contributed by atoms with Crippen molar-refractivity contribution >= 4 is 33.5 Å². The van der Waals surface area contributed by atoms with Crippen molar-refractivity contribution in [2.75, 3.05) is 19.5 Å². The molecular formula is C23H20N2O6S. The summed E-state index contributed by atoms with van der Waals surface area (Å²) in [6.45, 7) is 0. The highest BCUT2D eigenvalue weighted by Gasteiger charge is 2.20. The van der Waals surface area contributed by atoms with E-state index in [-0.39, 0.29) is 27.5 Å². The molecule has 0 heterocycles. The summed E-state index contributed by atoms with van der Waals surface area (Å²) in [4.78, 5) is 24.3. The third-order valence-corrected chi connectivity index (χ3v) is 5.69. The molecule has 1 N–H and O–H groups in total. The molecule has 0 saturated heterocycles. The summed E-state index contributed by atoms with van der Waals surface area (Å²) in [5, 5.41) is 2.89. The lowest BCUT2D eigenvalue weighted by atomic mass is 10.1. The number of carbonyl (C=O) groups excluding carboxylic acids is 2. The minimum Gasteiger partial charge on any atom is -0.465 e. The maximum Gasteiger partial charge on any atom is 0.339 e. The Labute approximate surface area is 185 Å². The molecule has 3 aromatic rings. The lowest BCUT2D eigenvalue weighted by Gasteiger charge is -2.14. The van der Waals surface area contributed by atoms with Gasteiger partial charge < -0.3 is 14.8 Å². The van der Waals surface area contributed by atoms with E-state index >= 15 is 0 Å². The summed E-state index contributed by atoms with van der Waals surface area (Å²) in [6.07, 6.45) is 0. The maximum absolute atomic E-state index is 12.9. The van der Waals surface area contributed by atoms with Gasteiger partial charge in [-0.05, 0) is 30.3 Å². The number of benzene rings is 3. The lowest BCUT2D eigenvalue weighted by Crippen LogP contribution is -2.19. The van der Waals surface area contributed by atoms with E-state index in [1.807, 2.05) is 0 Å². The zero-order valence-corrected chi connectivity index (χ0v) is 18.1. The number of hydrogen-bond donors (Lipinski definition) is 1. The molecule has 0 aliphatic heterocycles. The molecule has 9 heteroatoms. The number of amidine groups is 1. The summed E-state index contributed by atoms with van der Waals surface area (Å²) in [6, 6.07) is 20.4.